The second-order valence-corrected chi connectivity index (χ2v) is 7.22. The largest absolute Gasteiger partial charge is 0.482 e. The standard InChI is InChI=1S/C22H24F3N3O3/c1-3-4-6-14(11-29)27-22(30)19-13(2)26-21-20(18(25)9-10-28(19)21)31-12-15-16(23)7-5-8-17(15)24/h5,7-10,14,29H,3-4,6,11-12H2,1-2H3,(H,27,30)/t14-/m1/s1. The Morgan fingerprint density at radius 1 is 1.23 bits per heavy atom. The lowest BCUT2D eigenvalue weighted by Gasteiger charge is -2.16. The summed E-state index contributed by atoms with van der Waals surface area (Å²) in [5, 5.41) is 12.3. The third kappa shape index (κ3) is 4.82. The van der Waals surface area contributed by atoms with Gasteiger partial charge in [0, 0.05) is 6.20 Å². The molecule has 2 aromatic heterocycles. The third-order valence-electron chi connectivity index (χ3n) is 4.97. The Morgan fingerprint density at radius 3 is 2.58 bits per heavy atom. The SMILES string of the molecule is CCCC[C@H](CO)NC(=O)c1c(C)nc2c(OCc3c(F)cccc3F)c(F)ccn12. The molecule has 0 aliphatic rings. The summed E-state index contributed by atoms with van der Waals surface area (Å²) in [6.45, 7) is 2.83. The molecule has 0 saturated carbocycles. The van der Waals surface area contributed by atoms with Crippen LogP contribution in [0.25, 0.3) is 5.65 Å². The topological polar surface area (TPSA) is 75.9 Å². The zero-order chi connectivity index (χ0) is 22.5. The van der Waals surface area contributed by atoms with Crippen molar-refractivity contribution < 1.29 is 27.8 Å². The molecule has 0 saturated heterocycles. The number of unbranched alkanes of at least 4 members (excludes halogenated alkanes) is 1. The predicted molar refractivity (Wildman–Crippen MR) is 108 cm³/mol. The maximum Gasteiger partial charge on any atom is 0.270 e. The minimum absolute atomic E-state index is 0.00787. The number of aromatic nitrogens is 2. The number of aliphatic hydroxyl groups excluding tert-OH is 1. The molecule has 0 bridgehead atoms. The van der Waals surface area contributed by atoms with E-state index in [1.165, 1.54) is 16.7 Å². The highest BCUT2D eigenvalue weighted by atomic mass is 19.1. The van der Waals surface area contributed by atoms with E-state index in [0.29, 0.717) is 12.1 Å². The molecule has 0 aliphatic carbocycles. The van der Waals surface area contributed by atoms with Crippen LogP contribution in [0, 0.1) is 24.4 Å². The number of hydrogen-bond donors (Lipinski definition) is 2. The number of ether oxygens (including phenoxy) is 1. The molecule has 3 aromatic rings. The van der Waals surface area contributed by atoms with Gasteiger partial charge in [0.25, 0.3) is 5.91 Å². The number of hydrogen-bond acceptors (Lipinski definition) is 4. The van der Waals surface area contributed by atoms with Crippen LogP contribution in [-0.4, -0.2) is 33.0 Å². The number of pyridine rings is 1. The Labute approximate surface area is 177 Å². The van der Waals surface area contributed by atoms with Gasteiger partial charge in [0.2, 0.25) is 0 Å². The molecule has 9 heteroatoms. The maximum atomic E-state index is 14.5. The van der Waals surface area contributed by atoms with Gasteiger partial charge in [0.15, 0.2) is 17.2 Å². The van der Waals surface area contributed by atoms with Crippen molar-refractivity contribution in [2.24, 2.45) is 0 Å². The fourth-order valence-electron chi connectivity index (χ4n) is 3.31. The van der Waals surface area contributed by atoms with Crippen molar-refractivity contribution in [2.45, 2.75) is 45.8 Å². The Morgan fingerprint density at radius 2 is 1.94 bits per heavy atom. The van der Waals surface area contributed by atoms with Crippen molar-refractivity contribution >= 4 is 11.6 Å². The smallest absolute Gasteiger partial charge is 0.270 e. The lowest BCUT2D eigenvalue weighted by atomic mass is 10.1. The van der Waals surface area contributed by atoms with Gasteiger partial charge in [-0.15, -0.1) is 0 Å². The highest BCUT2D eigenvalue weighted by Gasteiger charge is 2.23. The van der Waals surface area contributed by atoms with Crippen molar-refractivity contribution in [1.82, 2.24) is 14.7 Å². The number of rotatable bonds is 9. The number of aryl methyl sites for hydroxylation is 1. The van der Waals surface area contributed by atoms with Crippen molar-refractivity contribution in [3.63, 3.8) is 0 Å². The molecule has 0 fully saturated rings. The van der Waals surface area contributed by atoms with Gasteiger partial charge in [-0.2, -0.15) is 0 Å². The van der Waals surface area contributed by atoms with Crippen LogP contribution >= 0.6 is 0 Å². The molecule has 6 nitrogen and oxygen atoms in total. The number of carbonyl (C=O) groups is 1. The van der Waals surface area contributed by atoms with Crippen LogP contribution in [0.15, 0.2) is 30.5 Å². The Bertz CT molecular complexity index is 1060. The van der Waals surface area contributed by atoms with E-state index in [0.717, 1.165) is 31.0 Å². The van der Waals surface area contributed by atoms with Gasteiger partial charge in [-0.05, 0) is 31.5 Å². The second-order valence-electron chi connectivity index (χ2n) is 7.22. The summed E-state index contributed by atoms with van der Waals surface area (Å²) in [5.41, 5.74) is 0.143. The third-order valence-corrected chi connectivity index (χ3v) is 4.97. The summed E-state index contributed by atoms with van der Waals surface area (Å²) in [7, 11) is 0. The molecule has 1 atom stereocenters. The van der Waals surface area contributed by atoms with Gasteiger partial charge >= 0.3 is 0 Å². The van der Waals surface area contributed by atoms with E-state index >= 15 is 0 Å². The average molecular weight is 435 g/mol. The number of amides is 1. The lowest BCUT2D eigenvalue weighted by Crippen LogP contribution is -2.38. The highest BCUT2D eigenvalue weighted by molar-refractivity contribution is 5.95. The zero-order valence-electron chi connectivity index (χ0n) is 17.3. The first kappa shape index (κ1) is 22.6. The summed E-state index contributed by atoms with van der Waals surface area (Å²) < 4.78 is 49.0. The predicted octanol–water partition coefficient (Wildman–Crippen LogP) is 3.92. The molecular formula is C22H24F3N3O3. The normalized spacial score (nSPS) is 12.2. The van der Waals surface area contributed by atoms with Crippen LogP contribution in [0.1, 0.15) is 47.9 Å². The number of imidazole rings is 1. The minimum atomic E-state index is -0.811. The summed E-state index contributed by atoms with van der Waals surface area (Å²) in [6.07, 6.45) is 3.71. The van der Waals surface area contributed by atoms with Crippen LogP contribution in [0.5, 0.6) is 5.75 Å². The van der Waals surface area contributed by atoms with Crippen LogP contribution in [0.3, 0.4) is 0 Å². The van der Waals surface area contributed by atoms with E-state index < -0.39 is 36.0 Å². The van der Waals surface area contributed by atoms with Gasteiger partial charge in [0.1, 0.15) is 23.9 Å². The quantitative estimate of drug-likeness (QED) is 0.534. The minimum Gasteiger partial charge on any atom is -0.482 e. The Kier molecular flexibility index (Phi) is 7.17. The van der Waals surface area contributed by atoms with Gasteiger partial charge in [-0.3, -0.25) is 9.20 Å². The van der Waals surface area contributed by atoms with Gasteiger partial charge in [-0.1, -0.05) is 25.8 Å². The maximum absolute atomic E-state index is 14.5. The molecule has 1 aromatic carbocycles. The van der Waals surface area contributed by atoms with E-state index in [9.17, 15) is 23.1 Å². The molecule has 2 N–H and O–H groups in total. The van der Waals surface area contributed by atoms with Crippen molar-refractivity contribution in [3.05, 3.63) is 64.9 Å². The van der Waals surface area contributed by atoms with Crippen LogP contribution in [-0.2, 0) is 6.61 Å². The average Bonchev–Trinajstić information content (AvgIpc) is 3.08. The molecule has 0 aliphatic heterocycles. The van der Waals surface area contributed by atoms with E-state index in [1.807, 2.05) is 6.92 Å². The van der Waals surface area contributed by atoms with Crippen LogP contribution in [0.2, 0.25) is 0 Å². The number of aliphatic hydroxyl groups is 1. The summed E-state index contributed by atoms with van der Waals surface area (Å²) >= 11 is 0. The van der Waals surface area contributed by atoms with E-state index in [1.54, 1.807) is 6.92 Å². The first-order chi connectivity index (χ1) is 14.9. The summed E-state index contributed by atoms with van der Waals surface area (Å²) in [4.78, 5) is 17.1. The van der Waals surface area contributed by atoms with Gasteiger partial charge in [-0.25, -0.2) is 18.2 Å². The van der Waals surface area contributed by atoms with E-state index in [2.05, 4.69) is 10.3 Å². The number of carbonyl (C=O) groups excluding carboxylic acids is 1. The number of benzene rings is 1. The second kappa shape index (κ2) is 9.82. The zero-order valence-corrected chi connectivity index (χ0v) is 17.3. The van der Waals surface area contributed by atoms with Gasteiger partial charge < -0.3 is 15.2 Å². The molecule has 0 spiro atoms. The lowest BCUT2D eigenvalue weighted by molar-refractivity contribution is 0.0905. The molecular weight excluding hydrogens is 411 g/mol. The fraction of sp³-hybridized carbons (Fsp3) is 0.364. The summed E-state index contributed by atoms with van der Waals surface area (Å²) in [6, 6.07) is 4.04. The van der Waals surface area contributed by atoms with Gasteiger partial charge in [0.05, 0.1) is 23.9 Å². The Hall–Kier alpha value is -3.07. The number of halogens is 3. The molecule has 31 heavy (non-hydrogen) atoms. The van der Waals surface area contributed by atoms with Crippen molar-refractivity contribution in [2.75, 3.05) is 6.61 Å². The van der Waals surface area contributed by atoms with Crippen molar-refractivity contribution in [3.8, 4) is 5.75 Å². The monoisotopic (exact) mass is 435 g/mol. The first-order valence-electron chi connectivity index (χ1n) is 10.0. The Balaban J connectivity index is 1.91. The van der Waals surface area contributed by atoms with Crippen molar-refractivity contribution in [1.29, 1.82) is 0 Å². The molecule has 0 unspecified atom stereocenters. The molecule has 1 amide bonds. The van der Waals surface area contributed by atoms with E-state index in [-0.39, 0.29) is 29.3 Å². The number of fused-ring (bicyclic) bond motifs is 1. The summed E-state index contributed by atoms with van der Waals surface area (Å²) in [5.74, 6) is -3.20. The molecule has 2 heterocycles. The number of nitrogens with one attached hydrogen (secondary N) is 1. The number of nitrogens with zero attached hydrogens (tertiary/aromatic N) is 2. The van der Waals surface area contributed by atoms with E-state index in [4.69, 9.17) is 4.74 Å². The van der Waals surface area contributed by atoms with Crippen LogP contribution < -0.4 is 10.1 Å². The first-order valence-corrected chi connectivity index (χ1v) is 10.0. The highest BCUT2D eigenvalue weighted by Crippen LogP contribution is 2.27. The van der Waals surface area contributed by atoms with Crippen LogP contribution in [0.4, 0.5) is 13.2 Å². The molecule has 166 valence electrons. The molecule has 0 radical (unpaired) electrons. The molecule has 3 rings (SSSR count). The fourth-order valence-corrected chi connectivity index (χ4v) is 3.31.